The van der Waals surface area contributed by atoms with E-state index in [9.17, 15) is 9.90 Å². The zero-order valence-electron chi connectivity index (χ0n) is 11.1. The maximum Gasteiger partial charge on any atom is 0.225 e. The number of aromatic nitrogens is 1. The Kier molecular flexibility index (Phi) is 5.13. The molecular formula is C13H20N2O2S2. The van der Waals surface area contributed by atoms with Gasteiger partial charge in [-0.25, -0.2) is 0 Å². The molecule has 0 radical (unpaired) electrons. The number of thiazole rings is 1. The summed E-state index contributed by atoms with van der Waals surface area (Å²) in [4.78, 5) is 15.8. The van der Waals surface area contributed by atoms with Gasteiger partial charge in [-0.05, 0) is 37.9 Å². The molecule has 1 heterocycles. The van der Waals surface area contributed by atoms with E-state index in [1.807, 2.05) is 6.92 Å². The zero-order valence-corrected chi connectivity index (χ0v) is 12.7. The van der Waals surface area contributed by atoms with Crippen molar-refractivity contribution in [3.05, 3.63) is 14.5 Å². The lowest BCUT2D eigenvalue weighted by Gasteiger charge is -2.17. The van der Waals surface area contributed by atoms with E-state index in [1.54, 1.807) is 0 Å². The summed E-state index contributed by atoms with van der Waals surface area (Å²) in [6.45, 7) is 2.28. The van der Waals surface area contributed by atoms with Crippen LogP contribution in [0.25, 0.3) is 0 Å². The van der Waals surface area contributed by atoms with Crippen molar-refractivity contribution in [1.82, 2.24) is 10.3 Å². The van der Waals surface area contributed by atoms with E-state index in [-0.39, 0.29) is 5.91 Å². The van der Waals surface area contributed by atoms with Crippen molar-refractivity contribution in [2.45, 2.75) is 45.1 Å². The molecular weight excluding hydrogens is 280 g/mol. The monoisotopic (exact) mass is 300 g/mol. The number of aliphatic hydroxyl groups is 1. The van der Waals surface area contributed by atoms with Crippen molar-refractivity contribution in [2.24, 2.45) is 5.92 Å². The zero-order chi connectivity index (χ0) is 13.8. The third-order valence-electron chi connectivity index (χ3n) is 3.70. The summed E-state index contributed by atoms with van der Waals surface area (Å²) in [7, 11) is 0. The average Bonchev–Trinajstić information content (AvgIpc) is 2.97. The SMILES string of the molecule is Cc1[nH]c(=S)sc1CC(=O)NCC(O)C1CCCC1. The molecule has 1 unspecified atom stereocenters. The quantitative estimate of drug-likeness (QED) is 0.731. The number of hydrogen-bond donors (Lipinski definition) is 3. The van der Waals surface area contributed by atoms with Crippen molar-refractivity contribution < 1.29 is 9.90 Å². The molecule has 1 amide bonds. The van der Waals surface area contributed by atoms with Gasteiger partial charge in [-0.2, -0.15) is 0 Å². The molecule has 6 heteroatoms. The van der Waals surface area contributed by atoms with Gasteiger partial charge in [0.25, 0.3) is 0 Å². The molecule has 1 aromatic rings. The highest BCUT2D eigenvalue weighted by Gasteiger charge is 2.23. The third kappa shape index (κ3) is 4.12. The molecule has 1 aromatic heterocycles. The van der Waals surface area contributed by atoms with Gasteiger partial charge in [0.15, 0.2) is 3.95 Å². The molecule has 3 N–H and O–H groups in total. The van der Waals surface area contributed by atoms with Crippen LogP contribution in [0, 0.1) is 16.8 Å². The highest BCUT2D eigenvalue weighted by Crippen LogP contribution is 2.27. The molecule has 0 aliphatic heterocycles. The molecule has 106 valence electrons. The Labute approximate surface area is 122 Å². The van der Waals surface area contributed by atoms with Gasteiger partial charge >= 0.3 is 0 Å². The van der Waals surface area contributed by atoms with Gasteiger partial charge < -0.3 is 15.4 Å². The first kappa shape index (κ1) is 14.7. The van der Waals surface area contributed by atoms with Crippen LogP contribution >= 0.6 is 23.6 Å². The molecule has 1 aliphatic carbocycles. The Morgan fingerprint density at radius 1 is 1.58 bits per heavy atom. The van der Waals surface area contributed by atoms with E-state index in [2.05, 4.69) is 10.3 Å². The van der Waals surface area contributed by atoms with Gasteiger partial charge in [0, 0.05) is 17.1 Å². The van der Waals surface area contributed by atoms with E-state index >= 15 is 0 Å². The summed E-state index contributed by atoms with van der Waals surface area (Å²) in [5.74, 6) is 0.307. The molecule has 0 aromatic carbocycles. The summed E-state index contributed by atoms with van der Waals surface area (Å²) >= 11 is 6.48. The van der Waals surface area contributed by atoms with Gasteiger partial charge in [0.1, 0.15) is 0 Å². The molecule has 1 aliphatic rings. The predicted octanol–water partition coefficient (Wildman–Crippen LogP) is 2.32. The number of aryl methyl sites for hydroxylation is 1. The van der Waals surface area contributed by atoms with Crippen molar-refractivity contribution >= 4 is 29.5 Å². The summed E-state index contributed by atoms with van der Waals surface area (Å²) in [5, 5.41) is 12.8. The fraction of sp³-hybridized carbons (Fsp3) is 0.692. The van der Waals surface area contributed by atoms with Crippen LogP contribution < -0.4 is 5.32 Å². The summed E-state index contributed by atoms with van der Waals surface area (Å²) < 4.78 is 0.700. The predicted molar refractivity (Wildman–Crippen MR) is 78.9 cm³/mol. The minimum absolute atomic E-state index is 0.0506. The Balaban J connectivity index is 1.78. The van der Waals surface area contributed by atoms with Crippen molar-refractivity contribution in [1.29, 1.82) is 0 Å². The second-order valence-electron chi connectivity index (χ2n) is 5.16. The van der Waals surface area contributed by atoms with Crippen molar-refractivity contribution in [3.8, 4) is 0 Å². The molecule has 0 spiro atoms. The summed E-state index contributed by atoms with van der Waals surface area (Å²) in [5.41, 5.74) is 0.960. The average molecular weight is 300 g/mol. The third-order valence-corrected chi connectivity index (χ3v) is 5.03. The summed E-state index contributed by atoms with van der Waals surface area (Å²) in [6.07, 6.45) is 4.48. The van der Waals surface area contributed by atoms with Gasteiger partial charge in [-0.1, -0.05) is 12.8 Å². The van der Waals surface area contributed by atoms with Crippen LogP contribution in [-0.4, -0.2) is 28.6 Å². The maximum atomic E-state index is 11.8. The van der Waals surface area contributed by atoms with Gasteiger partial charge in [0.05, 0.1) is 12.5 Å². The molecule has 19 heavy (non-hydrogen) atoms. The standard InChI is InChI=1S/C13H20N2O2S2/c1-8-11(19-13(18)15-8)6-12(17)14-7-10(16)9-4-2-3-5-9/h9-10,16H,2-7H2,1H3,(H,14,17)(H,15,18). The smallest absolute Gasteiger partial charge is 0.225 e. The second-order valence-corrected chi connectivity index (χ2v) is 6.93. The van der Waals surface area contributed by atoms with Gasteiger partial charge in [-0.3, -0.25) is 4.79 Å². The summed E-state index contributed by atoms with van der Waals surface area (Å²) in [6, 6.07) is 0. The lowest BCUT2D eigenvalue weighted by Crippen LogP contribution is -2.36. The fourth-order valence-electron chi connectivity index (χ4n) is 2.54. The number of carbonyl (C=O) groups is 1. The fourth-order valence-corrected chi connectivity index (χ4v) is 3.83. The largest absolute Gasteiger partial charge is 0.391 e. The topological polar surface area (TPSA) is 65.1 Å². The first-order valence-corrected chi connectivity index (χ1v) is 7.92. The van der Waals surface area contributed by atoms with Crippen LogP contribution in [0.3, 0.4) is 0 Å². The van der Waals surface area contributed by atoms with E-state index in [4.69, 9.17) is 12.2 Å². The van der Waals surface area contributed by atoms with Crippen LogP contribution in [0.5, 0.6) is 0 Å². The van der Waals surface area contributed by atoms with E-state index < -0.39 is 6.10 Å². The molecule has 2 rings (SSSR count). The Hall–Kier alpha value is -0.720. The number of nitrogens with one attached hydrogen (secondary N) is 2. The number of amides is 1. The Morgan fingerprint density at radius 2 is 2.26 bits per heavy atom. The first-order valence-electron chi connectivity index (χ1n) is 6.69. The van der Waals surface area contributed by atoms with Crippen LogP contribution in [0.15, 0.2) is 0 Å². The molecule has 1 fully saturated rings. The van der Waals surface area contributed by atoms with Crippen LogP contribution in [0.4, 0.5) is 0 Å². The maximum absolute atomic E-state index is 11.8. The molecule has 1 atom stereocenters. The molecule has 0 saturated heterocycles. The minimum atomic E-state index is -0.406. The Morgan fingerprint density at radius 3 is 2.84 bits per heavy atom. The molecule has 0 bridgehead atoms. The second kappa shape index (κ2) is 6.63. The lowest BCUT2D eigenvalue weighted by molar-refractivity contribution is -0.121. The number of H-pyrrole nitrogens is 1. The Bertz CT molecular complexity index is 489. The van der Waals surface area contributed by atoms with E-state index in [0.29, 0.717) is 22.8 Å². The van der Waals surface area contributed by atoms with Gasteiger partial charge in [0.2, 0.25) is 5.91 Å². The number of rotatable bonds is 5. The molecule has 1 saturated carbocycles. The lowest BCUT2D eigenvalue weighted by atomic mass is 10.0. The van der Waals surface area contributed by atoms with Gasteiger partial charge in [-0.15, -0.1) is 11.3 Å². The van der Waals surface area contributed by atoms with E-state index in [0.717, 1.165) is 23.4 Å². The van der Waals surface area contributed by atoms with E-state index in [1.165, 1.54) is 24.2 Å². The van der Waals surface area contributed by atoms with Crippen LogP contribution in [0.2, 0.25) is 0 Å². The number of aliphatic hydroxyl groups excluding tert-OH is 1. The van der Waals surface area contributed by atoms with Crippen molar-refractivity contribution in [2.75, 3.05) is 6.54 Å². The van der Waals surface area contributed by atoms with Crippen LogP contribution in [0.1, 0.15) is 36.3 Å². The number of carbonyl (C=O) groups excluding carboxylic acids is 1. The minimum Gasteiger partial charge on any atom is -0.391 e. The molecule has 4 nitrogen and oxygen atoms in total. The highest BCUT2D eigenvalue weighted by molar-refractivity contribution is 7.73. The highest BCUT2D eigenvalue weighted by atomic mass is 32.1. The first-order chi connectivity index (χ1) is 9.06. The van der Waals surface area contributed by atoms with Crippen molar-refractivity contribution in [3.63, 3.8) is 0 Å². The normalized spacial score (nSPS) is 17.6. The number of hydrogen-bond acceptors (Lipinski definition) is 4. The van der Waals surface area contributed by atoms with Crippen LogP contribution in [-0.2, 0) is 11.2 Å². The number of aromatic amines is 1.